The molecule has 2 fully saturated rings. The number of piperidine rings is 1. The summed E-state index contributed by atoms with van der Waals surface area (Å²) in [5.41, 5.74) is 0.874. The standard InChI is InChI=1S/C20H28N2O5S/c1-2-27-20(24)17-8-10-22(11-9-17)19(23)18(16-6-4-3-5-7-16)21-12-14-28(25,26)15-13-21/h3-7,17-18H,2,8-15H2,1H3. The molecule has 0 radical (unpaired) electrons. The molecule has 28 heavy (non-hydrogen) atoms. The van der Waals surface area contributed by atoms with Crippen LogP contribution >= 0.6 is 0 Å². The largest absolute Gasteiger partial charge is 0.466 e. The number of nitrogens with zero attached hydrogens (tertiary/aromatic N) is 2. The number of hydrogen-bond donors (Lipinski definition) is 0. The highest BCUT2D eigenvalue weighted by atomic mass is 32.2. The molecule has 7 nitrogen and oxygen atoms in total. The van der Waals surface area contributed by atoms with E-state index in [-0.39, 0.29) is 29.3 Å². The van der Waals surface area contributed by atoms with Crippen LogP contribution in [-0.4, -0.2) is 74.4 Å². The van der Waals surface area contributed by atoms with Crippen LogP contribution in [0.25, 0.3) is 0 Å². The number of likely N-dealkylation sites (tertiary alicyclic amines) is 1. The van der Waals surface area contributed by atoms with Crippen molar-refractivity contribution in [1.82, 2.24) is 9.80 Å². The SMILES string of the molecule is CCOC(=O)C1CCN(C(=O)C(c2ccccc2)N2CCS(=O)(=O)CC2)CC1. The Morgan fingerprint density at radius 2 is 1.68 bits per heavy atom. The number of esters is 1. The summed E-state index contributed by atoms with van der Waals surface area (Å²) < 4.78 is 28.7. The molecular weight excluding hydrogens is 380 g/mol. The highest BCUT2D eigenvalue weighted by molar-refractivity contribution is 7.91. The fourth-order valence-corrected chi connectivity index (χ4v) is 5.13. The molecule has 0 saturated carbocycles. The molecule has 2 aliphatic heterocycles. The molecule has 154 valence electrons. The molecule has 8 heteroatoms. The van der Waals surface area contributed by atoms with Crippen molar-refractivity contribution in [2.45, 2.75) is 25.8 Å². The van der Waals surface area contributed by atoms with Crippen molar-refractivity contribution in [3.63, 3.8) is 0 Å². The van der Waals surface area contributed by atoms with Crippen LogP contribution < -0.4 is 0 Å². The maximum atomic E-state index is 13.4. The quantitative estimate of drug-likeness (QED) is 0.682. The van der Waals surface area contributed by atoms with Crippen molar-refractivity contribution >= 4 is 21.7 Å². The second kappa shape index (κ2) is 9.05. The van der Waals surface area contributed by atoms with E-state index in [1.807, 2.05) is 35.2 Å². The van der Waals surface area contributed by atoms with Gasteiger partial charge in [0.25, 0.3) is 0 Å². The summed E-state index contributed by atoms with van der Waals surface area (Å²) in [6.07, 6.45) is 1.20. The summed E-state index contributed by atoms with van der Waals surface area (Å²) in [6, 6.07) is 9.02. The number of carbonyl (C=O) groups is 2. The van der Waals surface area contributed by atoms with E-state index < -0.39 is 15.9 Å². The fourth-order valence-electron chi connectivity index (χ4n) is 3.90. The van der Waals surface area contributed by atoms with E-state index >= 15 is 0 Å². The van der Waals surface area contributed by atoms with Gasteiger partial charge in [-0.2, -0.15) is 0 Å². The Kier molecular flexibility index (Phi) is 6.72. The van der Waals surface area contributed by atoms with E-state index in [1.165, 1.54) is 0 Å². The minimum atomic E-state index is -3.02. The highest BCUT2D eigenvalue weighted by Crippen LogP contribution is 2.28. The number of sulfone groups is 1. The van der Waals surface area contributed by atoms with Crippen molar-refractivity contribution in [2.75, 3.05) is 44.3 Å². The molecule has 0 N–H and O–H groups in total. The van der Waals surface area contributed by atoms with Crippen LogP contribution in [0.15, 0.2) is 30.3 Å². The zero-order valence-corrected chi connectivity index (χ0v) is 17.1. The van der Waals surface area contributed by atoms with Gasteiger partial charge in [0.1, 0.15) is 6.04 Å². The monoisotopic (exact) mass is 408 g/mol. The molecule has 1 aromatic rings. The van der Waals surface area contributed by atoms with Crippen molar-refractivity contribution in [1.29, 1.82) is 0 Å². The van der Waals surface area contributed by atoms with Crippen molar-refractivity contribution < 1.29 is 22.7 Å². The van der Waals surface area contributed by atoms with Gasteiger partial charge in [-0.25, -0.2) is 8.42 Å². The van der Waals surface area contributed by atoms with Crippen molar-refractivity contribution in [2.24, 2.45) is 5.92 Å². The smallest absolute Gasteiger partial charge is 0.309 e. The van der Waals surface area contributed by atoms with E-state index in [4.69, 9.17) is 4.74 Å². The molecule has 3 rings (SSSR count). The summed E-state index contributed by atoms with van der Waals surface area (Å²) in [7, 11) is -3.02. The molecule has 2 saturated heterocycles. The van der Waals surface area contributed by atoms with Gasteiger partial charge in [0.15, 0.2) is 9.84 Å². The summed E-state index contributed by atoms with van der Waals surface area (Å²) in [4.78, 5) is 29.1. The topological polar surface area (TPSA) is 84.0 Å². The molecule has 2 aliphatic rings. The van der Waals surface area contributed by atoms with Gasteiger partial charge >= 0.3 is 5.97 Å². The average Bonchev–Trinajstić information content (AvgIpc) is 2.70. The summed E-state index contributed by atoms with van der Waals surface area (Å²) >= 11 is 0. The number of hydrogen-bond acceptors (Lipinski definition) is 6. The molecule has 1 atom stereocenters. The van der Waals surface area contributed by atoms with Gasteiger partial charge in [0, 0.05) is 26.2 Å². The minimum absolute atomic E-state index is 0.0205. The fraction of sp³-hybridized carbons (Fsp3) is 0.600. The molecule has 0 aromatic heterocycles. The Balaban J connectivity index is 1.72. The van der Waals surface area contributed by atoms with Crippen LogP contribution in [0.5, 0.6) is 0 Å². The first-order valence-corrected chi connectivity index (χ1v) is 11.7. The molecule has 2 heterocycles. The predicted octanol–water partition coefficient (Wildman–Crippen LogP) is 1.26. The molecule has 0 spiro atoms. The molecule has 0 bridgehead atoms. The van der Waals surface area contributed by atoms with E-state index in [0.29, 0.717) is 45.6 Å². The van der Waals surface area contributed by atoms with Gasteiger partial charge < -0.3 is 9.64 Å². The van der Waals surface area contributed by atoms with Crippen LogP contribution in [0.2, 0.25) is 0 Å². The van der Waals surface area contributed by atoms with Gasteiger partial charge in [0.05, 0.1) is 24.0 Å². The number of rotatable bonds is 5. The molecule has 1 amide bonds. The Morgan fingerprint density at radius 3 is 2.25 bits per heavy atom. The van der Waals surface area contributed by atoms with Gasteiger partial charge in [-0.1, -0.05) is 30.3 Å². The van der Waals surface area contributed by atoms with Gasteiger partial charge in [0.2, 0.25) is 5.91 Å². The lowest BCUT2D eigenvalue weighted by Crippen LogP contribution is -2.50. The van der Waals surface area contributed by atoms with Gasteiger partial charge in [-0.15, -0.1) is 0 Å². The first kappa shape index (κ1) is 20.8. The second-order valence-electron chi connectivity index (χ2n) is 7.35. The average molecular weight is 409 g/mol. The molecule has 0 aliphatic carbocycles. The number of carbonyl (C=O) groups excluding carboxylic acids is 2. The maximum Gasteiger partial charge on any atom is 0.309 e. The normalized spacial score (nSPS) is 21.8. The van der Waals surface area contributed by atoms with E-state index in [2.05, 4.69) is 0 Å². The molecule has 1 aromatic carbocycles. The van der Waals surface area contributed by atoms with E-state index in [0.717, 1.165) is 5.56 Å². The third-order valence-corrected chi connectivity index (χ3v) is 7.13. The van der Waals surface area contributed by atoms with Crippen LogP contribution in [0.4, 0.5) is 0 Å². The third-order valence-electron chi connectivity index (χ3n) is 5.52. The van der Waals surface area contributed by atoms with Crippen LogP contribution in [0.3, 0.4) is 0 Å². The third kappa shape index (κ3) is 4.91. The maximum absolute atomic E-state index is 13.4. The number of benzene rings is 1. The Hall–Kier alpha value is -1.93. The van der Waals surface area contributed by atoms with Crippen LogP contribution in [-0.2, 0) is 24.2 Å². The summed E-state index contributed by atoms with van der Waals surface area (Å²) in [6.45, 7) is 3.89. The zero-order chi connectivity index (χ0) is 20.1. The highest BCUT2D eigenvalue weighted by Gasteiger charge is 2.37. The first-order valence-electron chi connectivity index (χ1n) is 9.86. The van der Waals surface area contributed by atoms with E-state index in [1.54, 1.807) is 11.8 Å². The predicted molar refractivity (Wildman–Crippen MR) is 105 cm³/mol. The lowest BCUT2D eigenvalue weighted by atomic mass is 9.95. The minimum Gasteiger partial charge on any atom is -0.466 e. The Labute approximate surface area is 166 Å². The molecular formula is C20H28N2O5S. The van der Waals surface area contributed by atoms with Crippen LogP contribution in [0.1, 0.15) is 31.4 Å². The first-order chi connectivity index (χ1) is 13.4. The Bertz CT molecular complexity index is 774. The number of ether oxygens (including phenoxy) is 1. The summed E-state index contributed by atoms with van der Waals surface area (Å²) in [5, 5.41) is 0. The summed E-state index contributed by atoms with van der Waals surface area (Å²) in [5.74, 6) is -0.203. The van der Waals surface area contributed by atoms with Crippen LogP contribution in [0, 0.1) is 5.92 Å². The number of amides is 1. The lowest BCUT2D eigenvalue weighted by Gasteiger charge is -2.39. The second-order valence-corrected chi connectivity index (χ2v) is 9.66. The lowest BCUT2D eigenvalue weighted by molar-refractivity contribution is -0.152. The van der Waals surface area contributed by atoms with Crippen molar-refractivity contribution in [3.8, 4) is 0 Å². The zero-order valence-electron chi connectivity index (χ0n) is 16.2. The van der Waals surface area contributed by atoms with Crippen molar-refractivity contribution in [3.05, 3.63) is 35.9 Å². The molecule has 1 unspecified atom stereocenters. The van der Waals surface area contributed by atoms with E-state index in [9.17, 15) is 18.0 Å². The van der Waals surface area contributed by atoms with Gasteiger partial charge in [-0.3, -0.25) is 14.5 Å². The Morgan fingerprint density at radius 1 is 1.07 bits per heavy atom. The van der Waals surface area contributed by atoms with Gasteiger partial charge in [-0.05, 0) is 25.3 Å².